The van der Waals surface area contributed by atoms with E-state index in [1.165, 1.54) is 19.3 Å². The fraction of sp³-hybridized carbons (Fsp3) is 0.250. The predicted molar refractivity (Wildman–Crippen MR) is 125 cm³/mol. The van der Waals surface area contributed by atoms with Crippen molar-refractivity contribution in [1.29, 1.82) is 0 Å². The Bertz CT molecular complexity index is 1440. The van der Waals surface area contributed by atoms with E-state index in [-0.39, 0.29) is 5.82 Å². The van der Waals surface area contributed by atoms with Gasteiger partial charge in [0, 0.05) is 27.9 Å². The SMILES string of the molecule is Cc1cc(-c2nccc3c(C4CCCCC4)cc(F)cc23)c2oc3ccccc3c2c1. The van der Waals surface area contributed by atoms with Gasteiger partial charge in [0.25, 0.3) is 0 Å². The van der Waals surface area contributed by atoms with Gasteiger partial charge >= 0.3 is 0 Å². The highest BCUT2D eigenvalue weighted by Gasteiger charge is 2.21. The van der Waals surface area contributed by atoms with Crippen LogP contribution in [0.1, 0.15) is 49.1 Å². The molecule has 3 aromatic carbocycles. The monoisotopic (exact) mass is 409 g/mol. The topological polar surface area (TPSA) is 26.0 Å². The number of hydrogen-bond acceptors (Lipinski definition) is 2. The lowest BCUT2D eigenvalue weighted by Crippen LogP contribution is -2.06. The van der Waals surface area contributed by atoms with E-state index < -0.39 is 0 Å². The average Bonchev–Trinajstić information content (AvgIpc) is 3.17. The summed E-state index contributed by atoms with van der Waals surface area (Å²) in [6.45, 7) is 2.09. The van der Waals surface area contributed by atoms with E-state index in [1.807, 2.05) is 30.5 Å². The van der Waals surface area contributed by atoms with Gasteiger partial charge in [-0.25, -0.2) is 4.39 Å². The number of fused-ring (bicyclic) bond motifs is 4. The largest absolute Gasteiger partial charge is 0.455 e. The van der Waals surface area contributed by atoms with Gasteiger partial charge < -0.3 is 4.42 Å². The predicted octanol–water partition coefficient (Wildman–Crippen LogP) is 8.30. The van der Waals surface area contributed by atoms with Gasteiger partial charge in [0.15, 0.2) is 0 Å². The molecule has 1 aliphatic carbocycles. The van der Waals surface area contributed by atoms with Gasteiger partial charge in [-0.15, -0.1) is 0 Å². The molecule has 1 fully saturated rings. The third-order valence-electron chi connectivity index (χ3n) is 6.80. The van der Waals surface area contributed by atoms with E-state index in [9.17, 15) is 4.39 Å². The zero-order valence-corrected chi connectivity index (χ0v) is 17.6. The summed E-state index contributed by atoms with van der Waals surface area (Å²) in [5.41, 5.74) is 5.66. The van der Waals surface area contributed by atoms with Gasteiger partial charge in [-0.1, -0.05) is 37.5 Å². The Morgan fingerprint density at radius 3 is 2.58 bits per heavy atom. The summed E-state index contributed by atoms with van der Waals surface area (Å²) in [6, 6.07) is 17.8. The van der Waals surface area contributed by atoms with Crippen molar-refractivity contribution in [2.45, 2.75) is 44.9 Å². The molecule has 0 amide bonds. The summed E-state index contributed by atoms with van der Waals surface area (Å²) in [6.07, 6.45) is 7.85. The third kappa shape index (κ3) is 3.03. The zero-order valence-electron chi connectivity index (χ0n) is 17.6. The number of para-hydroxylation sites is 1. The van der Waals surface area contributed by atoms with Crippen LogP contribution in [0.25, 0.3) is 44.0 Å². The zero-order chi connectivity index (χ0) is 20.9. The highest BCUT2D eigenvalue weighted by atomic mass is 19.1. The minimum Gasteiger partial charge on any atom is -0.455 e. The van der Waals surface area contributed by atoms with Gasteiger partial charge in [0.05, 0.1) is 5.69 Å². The molecule has 31 heavy (non-hydrogen) atoms. The molecule has 2 nitrogen and oxygen atoms in total. The van der Waals surface area contributed by atoms with Crippen LogP contribution >= 0.6 is 0 Å². The van der Waals surface area contributed by atoms with Crippen molar-refractivity contribution in [2.24, 2.45) is 0 Å². The van der Waals surface area contributed by atoms with Crippen LogP contribution in [-0.4, -0.2) is 4.98 Å². The van der Waals surface area contributed by atoms with Gasteiger partial charge in [0.2, 0.25) is 0 Å². The average molecular weight is 410 g/mol. The van der Waals surface area contributed by atoms with Crippen molar-refractivity contribution in [3.63, 3.8) is 0 Å². The molecule has 0 saturated heterocycles. The summed E-state index contributed by atoms with van der Waals surface area (Å²) < 4.78 is 21.1. The van der Waals surface area contributed by atoms with E-state index in [4.69, 9.17) is 9.40 Å². The highest BCUT2D eigenvalue weighted by molar-refractivity contribution is 6.12. The number of nitrogens with zero attached hydrogens (tertiary/aromatic N) is 1. The van der Waals surface area contributed by atoms with Gasteiger partial charge in [-0.3, -0.25) is 4.98 Å². The Balaban J connectivity index is 1.65. The van der Waals surface area contributed by atoms with E-state index in [0.717, 1.165) is 67.9 Å². The number of pyridine rings is 1. The van der Waals surface area contributed by atoms with Crippen molar-refractivity contribution in [3.8, 4) is 11.3 Å². The standard InChI is InChI=1S/C28H24FNO/c1-17-13-24-21-9-5-6-10-26(21)31-28(24)25(14-17)27-23-16-19(29)15-22(20(23)11-12-30-27)18-7-3-2-4-8-18/h5-6,9-16,18H,2-4,7-8H2,1H3. The first kappa shape index (κ1) is 18.6. The van der Waals surface area contributed by atoms with Crippen LogP contribution in [0.4, 0.5) is 4.39 Å². The molecule has 5 aromatic rings. The van der Waals surface area contributed by atoms with Crippen LogP contribution in [0.2, 0.25) is 0 Å². The molecule has 0 bridgehead atoms. The molecule has 3 heteroatoms. The molecular weight excluding hydrogens is 385 g/mol. The second-order valence-electron chi connectivity index (χ2n) is 8.87. The van der Waals surface area contributed by atoms with Gasteiger partial charge in [-0.2, -0.15) is 0 Å². The maximum atomic E-state index is 14.9. The van der Waals surface area contributed by atoms with E-state index in [0.29, 0.717) is 5.92 Å². The number of aromatic nitrogens is 1. The van der Waals surface area contributed by atoms with Crippen LogP contribution in [0.5, 0.6) is 0 Å². The number of hydrogen-bond donors (Lipinski definition) is 0. The Morgan fingerprint density at radius 2 is 1.71 bits per heavy atom. The second-order valence-corrected chi connectivity index (χ2v) is 8.87. The van der Waals surface area contributed by atoms with Crippen LogP contribution in [0, 0.1) is 12.7 Å². The van der Waals surface area contributed by atoms with Crippen molar-refractivity contribution in [1.82, 2.24) is 4.98 Å². The number of aryl methyl sites for hydroxylation is 1. The lowest BCUT2D eigenvalue weighted by molar-refractivity contribution is 0.444. The summed E-state index contributed by atoms with van der Waals surface area (Å²) in [7, 11) is 0. The lowest BCUT2D eigenvalue weighted by Gasteiger charge is -2.24. The molecule has 0 atom stereocenters. The van der Waals surface area contributed by atoms with Gasteiger partial charge in [-0.05, 0) is 78.6 Å². The van der Waals surface area contributed by atoms with Crippen LogP contribution in [-0.2, 0) is 0 Å². The van der Waals surface area contributed by atoms with E-state index >= 15 is 0 Å². The second kappa shape index (κ2) is 7.19. The van der Waals surface area contributed by atoms with E-state index in [1.54, 1.807) is 12.1 Å². The molecule has 0 N–H and O–H groups in total. The minimum atomic E-state index is -0.184. The highest BCUT2D eigenvalue weighted by Crippen LogP contribution is 2.41. The number of halogens is 1. The van der Waals surface area contributed by atoms with Crippen molar-refractivity contribution < 1.29 is 8.81 Å². The smallest absolute Gasteiger partial charge is 0.144 e. The Kier molecular flexibility index (Phi) is 4.31. The first-order valence-electron chi connectivity index (χ1n) is 11.2. The first-order valence-corrected chi connectivity index (χ1v) is 11.2. The number of rotatable bonds is 2. The van der Waals surface area contributed by atoms with Gasteiger partial charge in [0.1, 0.15) is 17.0 Å². The maximum absolute atomic E-state index is 14.9. The fourth-order valence-electron chi connectivity index (χ4n) is 5.39. The summed E-state index contributed by atoms with van der Waals surface area (Å²) in [5, 5.41) is 4.16. The first-order chi connectivity index (χ1) is 15.2. The van der Waals surface area contributed by atoms with Crippen LogP contribution in [0.15, 0.2) is 65.2 Å². The number of benzene rings is 3. The Morgan fingerprint density at radius 1 is 0.871 bits per heavy atom. The Labute approximate surface area is 180 Å². The van der Waals surface area contributed by atoms with Crippen LogP contribution < -0.4 is 0 Å². The summed E-state index contributed by atoms with van der Waals surface area (Å²) in [4.78, 5) is 4.74. The molecule has 1 saturated carbocycles. The van der Waals surface area contributed by atoms with E-state index in [2.05, 4.69) is 25.1 Å². The van der Waals surface area contributed by atoms with Crippen molar-refractivity contribution >= 4 is 32.7 Å². The normalized spacial score (nSPS) is 15.3. The molecule has 6 rings (SSSR count). The Hall–Kier alpha value is -3.20. The molecule has 154 valence electrons. The molecule has 2 heterocycles. The molecule has 0 unspecified atom stereocenters. The molecule has 2 aromatic heterocycles. The molecular formula is C28H24FNO. The lowest BCUT2D eigenvalue weighted by atomic mass is 9.82. The minimum absolute atomic E-state index is 0.184. The fourth-order valence-corrected chi connectivity index (χ4v) is 5.39. The molecule has 1 aliphatic rings. The summed E-state index contributed by atoms with van der Waals surface area (Å²) in [5.74, 6) is 0.238. The third-order valence-corrected chi connectivity index (χ3v) is 6.80. The number of furan rings is 1. The maximum Gasteiger partial charge on any atom is 0.144 e. The summed E-state index contributed by atoms with van der Waals surface area (Å²) >= 11 is 0. The molecule has 0 radical (unpaired) electrons. The van der Waals surface area contributed by atoms with Crippen LogP contribution in [0.3, 0.4) is 0 Å². The van der Waals surface area contributed by atoms with Crippen molar-refractivity contribution in [2.75, 3.05) is 0 Å². The molecule has 0 aliphatic heterocycles. The van der Waals surface area contributed by atoms with Crippen molar-refractivity contribution in [3.05, 3.63) is 77.7 Å². The molecule has 0 spiro atoms. The quantitative estimate of drug-likeness (QED) is 0.293.